The lowest BCUT2D eigenvalue weighted by atomic mass is 10.1. The van der Waals surface area contributed by atoms with E-state index in [1.54, 1.807) is 0 Å². The first-order chi connectivity index (χ1) is 8.51. The zero-order chi connectivity index (χ0) is 14.0. The van der Waals surface area contributed by atoms with Gasteiger partial charge < -0.3 is 26.7 Å². The van der Waals surface area contributed by atoms with Crippen LogP contribution in [0.5, 0.6) is 0 Å². The van der Waals surface area contributed by atoms with E-state index in [-0.39, 0.29) is 12.8 Å². The monoisotopic (exact) mass is 259 g/mol. The van der Waals surface area contributed by atoms with Crippen LogP contribution in [-0.4, -0.2) is 41.9 Å². The van der Waals surface area contributed by atoms with E-state index in [1.165, 1.54) is 0 Å². The van der Waals surface area contributed by atoms with Gasteiger partial charge in [0.2, 0.25) is 5.91 Å². The van der Waals surface area contributed by atoms with Crippen LogP contribution in [0.3, 0.4) is 0 Å². The number of carbonyl (C=O) groups excluding carboxylic acids is 2. The zero-order valence-electron chi connectivity index (χ0n) is 10.3. The average molecular weight is 259 g/mol. The summed E-state index contributed by atoms with van der Waals surface area (Å²) in [5.74, 6) is -1.51. The van der Waals surface area contributed by atoms with E-state index in [9.17, 15) is 14.4 Å². The van der Waals surface area contributed by atoms with E-state index in [2.05, 4.69) is 5.32 Å². The van der Waals surface area contributed by atoms with Crippen LogP contribution in [0.4, 0.5) is 0 Å². The number of unbranched alkanes of at least 4 members (excludes halogenated alkanes) is 1. The van der Waals surface area contributed by atoms with Gasteiger partial charge in [0.15, 0.2) is 0 Å². The van der Waals surface area contributed by atoms with Crippen molar-refractivity contribution in [2.24, 2.45) is 11.5 Å². The number of hydrogen-bond acceptors (Lipinski definition) is 5. The van der Waals surface area contributed by atoms with Crippen molar-refractivity contribution in [2.45, 2.75) is 44.2 Å². The number of aldehydes is 1. The minimum atomic E-state index is -1.01. The number of rotatable bonds is 10. The lowest BCUT2D eigenvalue weighted by Crippen LogP contribution is -2.46. The molecule has 18 heavy (non-hydrogen) atoms. The Hall–Kier alpha value is -1.47. The fourth-order valence-corrected chi connectivity index (χ4v) is 1.38. The largest absolute Gasteiger partial charge is 0.481 e. The molecule has 0 saturated carbocycles. The predicted octanol–water partition coefficient (Wildman–Crippen LogP) is -1.01. The molecule has 0 unspecified atom stereocenters. The number of amides is 1. The van der Waals surface area contributed by atoms with E-state index in [0.29, 0.717) is 19.3 Å². The van der Waals surface area contributed by atoms with Crippen molar-refractivity contribution >= 4 is 18.2 Å². The van der Waals surface area contributed by atoms with Crippen LogP contribution >= 0.6 is 0 Å². The smallest absolute Gasteiger partial charge is 0.303 e. The molecule has 1 amide bonds. The third-order valence-corrected chi connectivity index (χ3v) is 2.47. The van der Waals surface area contributed by atoms with Gasteiger partial charge in [-0.1, -0.05) is 0 Å². The van der Waals surface area contributed by atoms with Gasteiger partial charge in [-0.3, -0.25) is 9.59 Å². The van der Waals surface area contributed by atoms with E-state index in [0.717, 1.165) is 12.8 Å². The van der Waals surface area contributed by atoms with E-state index in [4.69, 9.17) is 16.6 Å². The lowest BCUT2D eigenvalue weighted by molar-refractivity contribution is -0.137. The SMILES string of the molecule is NCCCC[C@H](C=O)NC(=O)[C@H](N)CCC(=O)O. The molecule has 0 fully saturated rings. The van der Waals surface area contributed by atoms with Gasteiger partial charge in [0.25, 0.3) is 0 Å². The highest BCUT2D eigenvalue weighted by Crippen LogP contribution is 2.00. The highest BCUT2D eigenvalue weighted by atomic mass is 16.4. The van der Waals surface area contributed by atoms with Crippen LogP contribution < -0.4 is 16.8 Å². The maximum Gasteiger partial charge on any atom is 0.303 e. The predicted molar refractivity (Wildman–Crippen MR) is 65.7 cm³/mol. The summed E-state index contributed by atoms with van der Waals surface area (Å²) in [5.41, 5.74) is 10.8. The summed E-state index contributed by atoms with van der Waals surface area (Å²) in [7, 11) is 0. The minimum absolute atomic E-state index is 0.0511. The summed E-state index contributed by atoms with van der Waals surface area (Å²) >= 11 is 0. The number of carboxylic acid groups (broad SMARTS) is 1. The standard InChI is InChI=1S/C11H21N3O4/c12-6-2-1-3-8(7-15)14-11(18)9(13)4-5-10(16)17/h7-9H,1-6,12-13H2,(H,14,18)(H,16,17)/t8-,9-/m1/s1. The molecular formula is C11H21N3O4. The van der Waals surface area contributed by atoms with Crippen LogP contribution in [0.2, 0.25) is 0 Å². The third-order valence-electron chi connectivity index (χ3n) is 2.47. The second-order valence-corrected chi connectivity index (χ2v) is 4.07. The number of carbonyl (C=O) groups is 3. The molecule has 0 aromatic rings. The molecule has 7 heteroatoms. The van der Waals surface area contributed by atoms with Gasteiger partial charge in [0, 0.05) is 6.42 Å². The van der Waals surface area contributed by atoms with Crippen LogP contribution in [0.1, 0.15) is 32.1 Å². The molecule has 0 saturated heterocycles. The Morgan fingerprint density at radius 3 is 2.44 bits per heavy atom. The summed E-state index contributed by atoms with van der Waals surface area (Å²) in [6.45, 7) is 0.539. The normalized spacial score (nSPS) is 13.7. The van der Waals surface area contributed by atoms with E-state index >= 15 is 0 Å². The van der Waals surface area contributed by atoms with Gasteiger partial charge in [-0.25, -0.2) is 0 Å². The molecule has 0 aromatic heterocycles. The van der Waals surface area contributed by atoms with Crippen molar-refractivity contribution in [3.63, 3.8) is 0 Å². The topological polar surface area (TPSA) is 136 Å². The molecule has 0 heterocycles. The number of nitrogens with two attached hydrogens (primary N) is 2. The highest BCUT2D eigenvalue weighted by Gasteiger charge is 2.18. The molecule has 0 aliphatic heterocycles. The Balaban J connectivity index is 4.00. The van der Waals surface area contributed by atoms with Crippen molar-refractivity contribution in [3.05, 3.63) is 0 Å². The van der Waals surface area contributed by atoms with Crippen molar-refractivity contribution in [2.75, 3.05) is 6.54 Å². The summed E-state index contributed by atoms with van der Waals surface area (Å²) in [6.07, 6.45) is 2.56. The summed E-state index contributed by atoms with van der Waals surface area (Å²) in [5, 5.41) is 10.9. The molecular weight excluding hydrogens is 238 g/mol. The van der Waals surface area contributed by atoms with Gasteiger partial charge in [0.05, 0.1) is 12.1 Å². The van der Waals surface area contributed by atoms with E-state index in [1.807, 2.05) is 0 Å². The van der Waals surface area contributed by atoms with Crippen LogP contribution in [-0.2, 0) is 14.4 Å². The minimum Gasteiger partial charge on any atom is -0.481 e. The quantitative estimate of drug-likeness (QED) is 0.293. The van der Waals surface area contributed by atoms with Crippen LogP contribution in [0.25, 0.3) is 0 Å². The average Bonchev–Trinajstić information content (AvgIpc) is 2.34. The Bertz CT molecular complexity index is 283. The molecule has 2 atom stereocenters. The third kappa shape index (κ3) is 7.75. The molecule has 6 N–H and O–H groups in total. The van der Waals surface area contributed by atoms with Gasteiger partial charge in [0.1, 0.15) is 6.29 Å². The molecule has 0 radical (unpaired) electrons. The Morgan fingerprint density at radius 2 is 1.94 bits per heavy atom. The summed E-state index contributed by atoms with van der Waals surface area (Å²) in [4.78, 5) is 32.6. The first-order valence-electron chi connectivity index (χ1n) is 5.94. The zero-order valence-corrected chi connectivity index (χ0v) is 10.3. The lowest BCUT2D eigenvalue weighted by Gasteiger charge is -2.16. The second-order valence-electron chi connectivity index (χ2n) is 4.07. The maximum absolute atomic E-state index is 11.5. The number of aliphatic carboxylic acids is 1. The fraction of sp³-hybridized carbons (Fsp3) is 0.727. The number of hydrogen-bond donors (Lipinski definition) is 4. The van der Waals surface area contributed by atoms with Crippen LogP contribution in [0, 0.1) is 0 Å². The maximum atomic E-state index is 11.5. The van der Waals surface area contributed by atoms with Gasteiger partial charge in [-0.05, 0) is 32.2 Å². The Labute approximate surface area is 106 Å². The van der Waals surface area contributed by atoms with Gasteiger partial charge >= 0.3 is 5.97 Å². The first kappa shape index (κ1) is 16.5. The Morgan fingerprint density at radius 1 is 1.28 bits per heavy atom. The Kier molecular flexibility index (Phi) is 8.77. The van der Waals surface area contributed by atoms with E-state index < -0.39 is 24.0 Å². The molecule has 0 aliphatic carbocycles. The molecule has 104 valence electrons. The summed E-state index contributed by atoms with van der Waals surface area (Å²) in [6, 6.07) is -1.49. The van der Waals surface area contributed by atoms with Crippen molar-refractivity contribution < 1.29 is 19.5 Å². The molecule has 0 aromatic carbocycles. The summed E-state index contributed by atoms with van der Waals surface area (Å²) < 4.78 is 0. The second kappa shape index (κ2) is 9.55. The molecule has 0 rings (SSSR count). The first-order valence-corrected chi connectivity index (χ1v) is 5.94. The highest BCUT2D eigenvalue weighted by molar-refractivity contribution is 5.84. The van der Waals surface area contributed by atoms with Gasteiger partial charge in [-0.15, -0.1) is 0 Å². The van der Waals surface area contributed by atoms with Crippen molar-refractivity contribution in [3.8, 4) is 0 Å². The van der Waals surface area contributed by atoms with Gasteiger partial charge in [-0.2, -0.15) is 0 Å². The molecule has 0 spiro atoms. The van der Waals surface area contributed by atoms with Crippen molar-refractivity contribution in [1.29, 1.82) is 0 Å². The van der Waals surface area contributed by atoms with Crippen LogP contribution in [0.15, 0.2) is 0 Å². The fourth-order valence-electron chi connectivity index (χ4n) is 1.38. The molecule has 0 aliphatic rings. The molecule has 7 nitrogen and oxygen atoms in total. The van der Waals surface area contributed by atoms with Crippen molar-refractivity contribution in [1.82, 2.24) is 5.32 Å². The number of carboxylic acids is 1. The molecule has 0 bridgehead atoms. The number of nitrogens with one attached hydrogen (secondary N) is 1.